The van der Waals surface area contributed by atoms with E-state index in [4.69, 9.17) is 11.6 Å². The lowest BCUT2D eigenvalue weighted by atomic mass is 9.94. The maximum Gasteiger partial charge on any atom is 0.139 e. The van der Waals surface area contributed by atoms with Gasteiger partial charge in [0.2, 0.25) is 0 Å². The minimum absolute atomic E-state index is 0.171. The van der Waals surface area contributed by atoms with Crippen LogP contribution in [0.1, 0.15) is 41.6 Å². The van der Waals surface area contributed by atoms with Crippen molar-refractivity contribution in [2.45, 2.75) is 32.2 Å². The number of aliphatic imine (C=N–C) groups is 1. The Morgan fingerprint density at radius 3 is 2.83 bits per heavy atom. The van der Waals surface area contributed by atoms with E-state index in [9.17, 15) is 4.79 Å². The molecule has 0 amide bonds. The molecule has 2 aromatic rings. The van der Waals surface area contributed by atoms with Gasteiger partial charge in [0.15, 0.2) is 0 Å². The van der Waals surface area contributed by atoms with Crippen LogP contribution < -0.4 is 5.32 Å². The highest BCUT2D eigenvalue weighted by molar-refractivity contribution is 6.30. The van der Waals surface area contributed by atoms with Crippen molar-refractivity contribution in [3.8, 4) is 0 Å². The zero-order valence-corrected chi connectivity index (χ0v) is 14.6. The van der Waals surface area contributed by atoms with Crippen molar-refractivity contribution in [3.05, 3.63) is 63.9 Å². The second-order valence-corrected chi connectivity index (χ2v) is 6.57. The normalized spacial score (nSPS) is 15.9. The lowest BCUT2D eigenvalue weighted by Gasteiger charge is -2.11. The lowest BCUT2D eigenvalue weighted by Crippen LogP contribution is -2.14. The number of hydrogen-bond donors (Lipinski definition) is 1. The topological polar surface area (TPSA) is 54.4 Å². The average molecular weight is 342 g/mol. The van der Waals surface area contributed by atoms with Gasteiger partial charge in [-0.3, -0.25) is 14.8 Å². The fraction of sp³-hybridized carbons (Fsp3) is 0.316. The highest BCUT2D eigenvalue weighted by atomic mass is 35.5. The molecule has 1 aliphatic rings. The van der Waals surface area contributed by atoms with E-state index in [1.165, 1.54) is 0 Å². The molecule has 124 valence electrons. The number of benzene rings is 1. The lowest BCUT2D eigenvalue weighted by molar-refractivity contribution is -0.118. The van der Waals surface area contributed by atoms with Crippen LogP contribution in [-0.4, -0.2) is 23.7 Å². The first-order valence-electron chi connectivity index (χ1n) is 8.03. The molecule has 0 bridgehead atoms. The molecule has 4 nitrogen and oxygen atoms in total. The van der Waals surface area contributed by atoms with E-state index in [1.54, 1.807) is 7.05 Å². The standard InChI is InChI=1S/C19H20ClN3O/c1-12(13-3-5-15(20)6-4-13)7-17(24)9-16-8-14-10-23-19(21-2)18(14)11-22-16/h3-6,8,11-12H,7,9-10H2,1-2H3,(H,21,23)/t12-/m0/s1. The van der Waals surface area contributed by atoms with Gasteiger partial charge in [-0.15, -0.1) is 0 Å². The number of carbonyl (C=O) groups is 1. The highest BCUT2D eigenvalue weighted by Gasteiger charge is 2.19. The summed E-state index contributed by atoms with van der Waals surface area (Å²) in [5.74, 6) is 1.23. The maximum absolute atomic E-state index is 12.4. The predicted molar refractivity (Wildman–Crippen MR) is 96.7 cm³/mol. The monoisotopic (exact) mass is 341 g/mol. The van der Waals surface area contributed by atoms with Gasteiger partial charge < -0.3 is 5.32 Å². The van der Waals surface area contributed by atoms with E-state index in [1.807, 2.05) is 36.5 Å². The maximum atomic E-state index is 12.4. The van der Waals surface area contributed by atoms with Gasteiger partial charge in [-0.1, -0.05) is 30.7 Å². The molecule has 24 heavy (non-hydrogen) atoms. The molecule has 0 spiro atoms. The Morgan fingerprint density at radius 2 is 2.12 bits per heavy atom. The van der Waals surface area contributed by atoms with Crippen LogP contribution in [0, 0.1) is 0 Å². The highest BCUT2D eigenvalue weighted by Crippen LogP contribution is 2.22. The SMILES string of the molecule is CN=C1NCc2cc(CC(=O)C[C@H](C)c3ccc(Cl)cc3)ncc21. The largest absolute Gasteiger partial charge is 0.366 e. The van der Waals surface area contributed by atoms with E-state index in [2.05, 4.69) is 22.2 Å². The molecule has 0 unspecified atom stereocenters. The summed E-state index contributed by atoms with van der Waals surface area (Å²) in [6.45, 7) is 2.80. The molecule has 0 aliphatic carbocycles. The summed E-state index contributed by atoms with van der Waals surface area (Å²) in [5, 5.41) is 3.94. The van der Waals surface area contributed by atoms with Gasteiger partial charge in [-0.25, -0.2) is 0 Å². The number of hydrogen-bond acceptors (Lipinski definition) is 3. The number of halogens is 1. The molecule has 2 heterocycles. The minimum atomic E-state index is 0.171. The number of nitrogens with zero attached hydrogens (tertiary/aromatic N) is 2. The predicted octanol–water partition coefficient (Wildman–Crippen LogP) is 3.52. The van der Waals surface area contributed by atoms with Gasteiger partial charge in [-0.05, 0) is 35.2 Å². The van der Waals surface area contributed by atoms with Crippen LogP contribution in [0.5, 0.6) is 0 Å². The fourth-order valence-electron chi connectivity index (χ4n) is 3.00. The second-order valence-electron chi connectivity index (χ2n) is 6.13. The Hall–Kier alpha value is -2.20. The zero-order valence-electron chi connectivity index (χ0n) is 13.8. The summed E-state index contributed by atoms with van der Waals surface area (Å²) < 4.78 is 0. The van der Waals surface area contributed by atoms with Crippen LogP contribution >= 0.6 is 11.6 Å². The molecule has 1 aromatic carbocycles. The first-order valence-corrected chi connectivity index (χ1v) is 8.40. The van der Waals surface area contributed by atoms with E-state index < -0.39 is 0 Å². The smallest absolute Gasteiger partial charge is 0.139 e. The van der Waals surface area contributed by atoms with Crippen LogP contribution in [0.4, 0.5) is 0 Å². The van der Waals surface area contributed by atoms with Crippen LogP contribution in [-0.2, 0) is 17.8 Å². The number of Topliss-reactive ketones (excluding diaryl/α,β-unsaturated/α-hetero) is 1. The number of rotatable bonds is 5. The first-order chi connectivity index (χ1) is 11.6. The Kier molecular flexibility index (Phi) is 4.95. The fourth-order valence-corrected chi connectivity index (χ4v) is 3.13. The van der Waals surface area contributed by atoms with Crippen molar-refractivity contribution in [1.82, 2.24) is 10.3 Å². The molecule has 1 aliphatic heterocycles. The Balaban J connectivity index is 1.64. The summed E-state index contributed by atoms with van der Waals surface area (Å²) in [4.78, 5) is 21.0. The molecule has 3 rings (SSSR count). The summed E-state index contributed by atoms with van der Waals surface area (Å²) in [6.07, 6.45) is 2.67. The van der Waals surface area contributed by atoms with E-state index >= 15 is 0 Å². The van der Waals surface area contributed by atoms with Crippen LogP contribution in [0.25, 0.3) is 0 Å². The number of fused-ring (bicyclic) bond motifs is 1. The molecular weight excluding hydrogens is 322 g/mol. The molecule has 0 saturated heterocycles. The van der Waals surface area contributed by atoms with Crippen molar-refractivity contribution in [1.29, 1.82) is 0 Å². The van der Waals surface area contributed by atoms with Gasteiger partial charge in [-0.2, -0.15) is 0 Å². The molecule has 5 heteroatoms. The average Bonchev–Trinajstić information content (AvgIpc) is 2.97. The molecule has 0 fully saturated rings. The van der Waals surface area contributed by atoms with Gasteiger partial charge in [0.1, 0.15) is 11.6 Å². The summed E-state index contributed by atoms with van der Waals surface area (Å²) in [7, 11) is 1.76. The third kappa shape index (κ3) is 3.65. The van der Waals surface area contributed by atoms with E-state index in [0.717, 1.165) is 34.8 Å². The number of aromatic nitrogens is 1. The number of pyridine rings is 1. The van der Waals surface area contributed by atoms with Crippen LogP contribution in [0.2, 0.25) is 5.02 Å². The molecule has 0 radical (unpaired) electrons. The Labute approximate surface area is 147 Å². The van der Waals surface area contributed by atoms with Gasteiger partial charge in [0.25, 0.3) is 0 Å². The van der Waals surface area contributed by atoms with Crippen molar-refractivity contribution in [3.63, 3.8) is 0 Å². The van der Waals surface area contributed by atoms with E-state index in [0.29, 0.717) is 17.9 Å². The third-order valence-electron chi connectivity index (χ3n) is 4.32. The number of amidine groups is 1. The van der Waals surface area contributed by atoms with E-state index in [-0.39, 0.29) is 11.7 Å². The van der Waals surface area contributed by atoms with Crippen LogP contribution in [0.15, 0.2) is 41.5 Å². The van der Waals surface area contributed by atoms with Gasteiger partial charge in [0.05, 0.1) is 0 Å². The first kappa shape index (κ1) is 16.7. The van der Waals surface area contributed by atoms with Crippen molar-refractivity contribution in [2.75, 3.05) is 7.05 Å². The molecular formula is C19H20ClN3O. The quantitative estimate of drug-likeness (QED) is 0.905. The van der Waals surface area contributed by atoms with Gasteiger partial charge in [0, 0.05) is 48.9 Å². The molecule has 1 aromatic heterocycles. The Bertz CT molecular complexity index is 784. The van der Waals surface area contributed by atoms with Gasteiger partial charge >= 0.3 is 0 Å². The number of nitrogens with one attached hydrogen (secondary N) is 1. The molecule has 1 atom stereocenters. The zero-order chi connectivity index (χ0) is 17.1. The molecule has 0 saturated carbocycles. The summed E-state index contributed by atoms with van der Waals surface area (Å²) in [6, 6.07) is 9.68. The third-order valence-corrected chi connectivity index (χ3v) is 4.57. The second kappa shape index (κ2) is 7.14. The summed E-state index contributed by atoms with van der Waals surface area (Å²) in [5.41, 5.74) is 4.13. The number of ketones is 1. The van der Waals surface area contributed by atoms with Crippen LogP contribution in [0.3, 0.4) is 0 Å². The molecule has 1 N–H and O–H groups in total. The van der Waals surface area contributed by atoms with Crippen molar-refractivity contribution >= 4 is 23.2 Å². The van der Waals surface area contributed by atoms with Crippen molar-refractivity contribution in [2.24, 2.45) is 4.99 Å². The van der Waals surface area contributed by atoms with Crippen molar-refractivity contribution < 1.29 is 4.79 Å². The number of carbonyl (C=O) groups excluding carboxylic acids is 1. The minimum Gasteiger partial charge on any atom is -0.366 e. The Morgan fingerprint density at radius 1 is 1.38 bits per heavy atom. The summed E-state index contributed by atoms with van der Waals surface area (Å²) >= 11 is 5.91.